The van der Waals surface area contributed by atoms with Crippen molar-refractivity contribution in [3.05, 3.63) is 69.8 Å². The highest BCUT2D eigenvalue weighted by molar-refractivity contribution is 7.95. The second-order valence-corrected chi connectivity index (χ2v) is 10.2. The fourth-order valence-corrected chi connectivity index (χ4v) is 5.28. The molecule has 0 unspecified atom stereocenters. The molecule has 2 aromatic rings. The molecule has 1 N–H and O–H groups in total. The number of rotatable bonds is 9. The summed E-state index contributed by atoms with van der Waals surface area (Å²) in [5.74, 6) is -0.910. The Hall–Kier alpha value is -2.55. The summed E-state index contributed by atoms with van der Waals surface area (Å²) < 4.78 is 32.8. The van der Waals surface area contributed by atoms with Crippen LogP contribution in [0.4, 0.5) is 0 Å². The second kappa shape index (κ2) is 9.94. The summed E-state index contributed by atoms with van der Waals surface area (Å²) in [6, 6.07) is 11.6. The molecule has 7 nitrogen and oxygen atoms in total. The Morgan fingerprint density at radius 3 is 2.47 bits per heavy atom. The highest BCUT2D eigenvalue weighted by Crippen LogP contribution is 2.43. The van der Waals surface area contributed by atoms with Crippen LogP contribution in [-0.4, -0.2) is 63.0 Å². The van der Waals surface area contributed by atoms with Gasteiger partial charge in [-0.25, -0.2) is 8.42 Å². The molecular weight excluding hydrogens is 452 g/mol. The molecule has 0 fully saturated rings. The standard InChI is InChI=1S/C23H27ClN2O5S/c1-4-14-31-18-7-5-6-16(15-18)20-22(21(27)23(28)26(20)13-12-25(2)3)32(29,30)19-10-8-17(24)9-11-19/h5-11,15,20,27H,4,12-14H2,1-3H3/t20-/m0/s1. The summed E-state index contributed by atoms with van der Waals surface area (Å²) >= 11 is 5.91. The minimum absolute atomic E-state index is 0.0471. The zero-order valence-corrected chi connectivity index (χ0v) is 19.9. The van der Waals surface area contributed by atoms with Gasteiger partial charge in [-0.05, 0) is 62.5 Å². The SMILES string of the molecule is CCCOc1cccc([C@H]2C(S(=O)(=O)c3ccc(Cl)cc3)=C(O)C(=O)N2CCN(C)C)c1. The maximum atomic E-state index is 13.5. The lowest BCUT2D eigenvalue weighted by Crippen LogP contribution is -2.36. The molecule has 1 heterocycles. The molecule has 1 atom stereocenters. The average molecular weight is 479 g/mol. The van der Waals surface area contributed by atoms with Crippen molar-refractivity contribution in [3.63, 3.8) is 0 Å². The number of ether oxygens (including phenoxy) is 1. The molecule has 32 heavy (non-hydrogen) atoms. The molecule has 0 bridgehead atoms. The minimum Gasteiger partial charge on any atom is -0.502 e. The monoisotopic (exact) mass is 478 g/mol. The number of halogens is 1. The zero-order chi connectivity index (χ0) is 23.5. The predicted molar refractivity (Wildman–Crippen MR) is 124 cm³/mol. The predicted octanol–water partition coefficient (Wildman–Crippen LogP) is 3.82. The van der Waals surface area contributed by atoms with E-state index in [0.29, 0.717) is 29.5 Å². The Bertz CT molecular complexity index is 1110. The van der Waals surface area contributed by atoms with Crippen LogP contribution < -0.4 is 4.74 Å². The Balaban J connectivity index is 2.12. The van der Waals surface area contributed by atoms with Gasteiger partial charge < -0.3 is 19.6 Å². The van der Waals surface area contributed by atoms with Crippen LogP contribution in [0.1, 0.15) is 24.9 Å². The molecule has 1 aliphatic heterocycles. The average Bonchev–Trinajstić information content (AvgIpc) is 3.02. The van der Waals surface area contributed by atoms with Crippen LogP contribution in [-0.2, 0) is 14.6 Å². The van der Waals surface area contributed by atoms with Gasteiger partial charge in [-0.1, -0.05) is 30.7 Å². The number of sulfone groups is 1. The van der Waals surface area contributed by atoms with Crippen LogP contribution in [0.5, 0.6) is 5.75 Å². The number of hydrogen-bond acceptors (Lipinski definition) is 6. The van der Waals surface area contributed by atoms with Crippen molar-refractivity contribution in [3.8, 4) is 5.75 Å². The Morgan fingerprint density at radius 1 is 1.16 bits per heavy atom. The van der Waals surface area contributed by atoms with Crippen LogP contribution >= 0.6 is 11.6 Å². The van der Waals surface area contributed by atoms with E-state index in [1.54, 1.807) is 24.3 Å². The van der Waals surface area contributed by atoms with Crippen molar-refractivity contribution < 1.29 is 23.1 Å². The molecule has 0 spiro atoms. The Morgan fingerprint density at radius 2 is 1.84 bits per heavy atom. The quantitative estimate of drug-likeness (QED) is 0.589. The van der Waals surface area contributed by atoms with Gasteiger partial charge in [0.15, 0.2) is 5.76 Å². The summed E-state index contributed by atoms with van der Waals surface area (Å²) in [6.07, 6.45) is 0.817. The lowest BCUT2D eigenvalue weighted by molar-refractivity contribution is -0.129. The van der Waals surface area contributed by atoms with Gasteiger partial charge in [-0.2, -0.15) is 0 Å². The first kappa shape index (κ1) is 24.1. The Labute approximate surface area is 193 Å². The largest absolute Gasteiger partial charge is 0.502 e. The molecule has 0 saturated carbocycles. The molecule has 0 saturated heterocycles. The maximum absolute atomic E-state index is 13.5. The summed E-state index contributed by atoms with van der Waals surface area (Å²) in [5, 5.41) is 11.1. The van der Waals surface area contributed by atoms with Gasteiger partial charge in [0.2, 0.25) is 9.84 Å². The summed E-state index contributed by atoms with van der Waals surface area (Å²) in [5.41, 5.74) is 0.544. The van der Waals surface area contributed by atoms with E-state index in [-0.39, 0.29) is 16.3 Å². The lowest BCUT2D eigenvalue weighted by Gasteiger charge is -2.28. The topological polar surface area (TPSA) is 87.2 Å². The van der Waals surface area contributed by atoms with Crippen molar-refractivity contribution in [2.45, 2.75) is 24.3 Å². The number of benzene rings is 2. The second-order valence-electron chi connectivity index (χ2n) is 7.80. The lowest BCUT2D eigenvalue weighted by atomic mass is 10.1. The minimum atomic E-state index is -4.18. The van der Waals surface area contributed by atoms with Gasteiger partial charge in [0.25, 0.3) is 5.91 Å². The number of aliphatic hydroxyl groups excluding tert-OH is 1. The first-order valence-electron chi connectivity index (χ1n) is 10.3. The van der Waals surface area contributed by atoms with Gasteiger partial charge in [0, 0.05) is 18.1 Å². The van der Waals surface area contributed by atoms with Crippen LogP contribution in [0.2, 0.25) is 5.02 Å². The molecule has 1 amide bonds. The third-order valence-electron chi connectivity index (χ3n) is 5.11. The zero-order valence-electron chi connectivity index (χ0n) is 18.3. The molecule has 9 heteroatoms. The fourth-order valence-electron chi connectivity index (χ4n) is 3.51. The number of carbonyl (C=O) groups is 1. The maximum Gasteiger partial charge on any atom is 0.290 e. The van der Waals surface area contributed by atoms with Crippen molar-refractivity contribution in [2.75, 3.05) is 33.8 Å². The van der Waals surface area contributed by atoms with Gasteiger partial charge in [0.1, 0.15) is 10.7 Å². The van der Waals surface area contributed by atoms with Crippen molar-refractivity contribution in [1.82, 2.24) is 9.80 Å². The van der Waals surface area contributed by atoms with E-state index >= 15 is 0 Å². The highest BCUT2D eigenvalue weighted by atomic mass is 35.5. The smallest absolute Gasteiger partial charge is 0.290 e. The van der Waals surface area contributed by atoms with E-state index in [2.05, 4.69) is 0 Å². The van der Waals surface area contributed by atoms with Gasteiger partial charge >= 0.3 is 0 Å². The molecule has 1 aliphatic rings. The number of aliphatic hydroxyl groups is 1. The van der Waals surface area contributed by atoms with Crippen molar-refractivity contribution >= 4 is 27.3 Å². The molecular formula is C23H27ClN2O5S. The van der Waals surface area contributed by atoms with Crippen molar-refractivity contribution in [1.29, 1.82) is 0 Å². The third-order valence-corrected chi connectivity index (χ3v) is 7.25. The van der Waals surface area contributed by atoms with Gasteiger partial charge in [-0.15, -0.1) is 0 Å². The van der Waals surface area contributed by atoms with E-state index in [9.17, 15) is 18.3 Å². The van der Waals surface area contributed by atoms with Gasteiger partial charge in [-0.3, -0.25) is 4.79 Å². The third kappa shape index (κ3) is 4.92. The van der Waals surface area contributed by atoms with E-state index in [0.717, 1.165) is 6.42 Å². The van der Waals surface area contributed by atoms with Gasteiger partial charge in [0.05, 0.1) is 17.5 Å². The Kier molecular flexibility index (Phi) is 7.48. The van der Waals surface area contributed by atoms with E-state index in [1.807, 2.05) is 25.9 Å². The fraction of sp³-hybridized carbons (Fsp3) is 0.348. The molecule has 0 radical (unpaired) electrons. The molecule has 0 aromatic heterocycles. The van der Waals surface area contributed by atoms with Crippen LogP contribution in [0.3, 0.4) is 0 Å². The van der Waals surface area contributed by atoms with Crippen LogP contribution in [0, 0.1) is 0 Å². The molecule has 3 rings (SSSR count). The van der Waals surface area contributed by atoms with E-state index in [1.165, 1.54) is 29.2 Å². The van der Waals surface area contributed by atoms with E-state index in [4.69, 9.17) is 16.3 Å². The van der Waals surface area contributed by atoms with Crippen LogP contribution in [0.25, 0.3) is 0 Å². The number of amides is 1. The number of carbonyl (C=O) groups excluding carboxylic acids is 1. The summed E-state index contributed by atoms with van der Waals surface area (Å²) in [4.78, 5) is 15.9. The molecule has 172 valence electrons. The first-order valence-corrected chi connectivity index (χ1v) is 12.1. The number of nitrogens with zero attached hydrogens (tertiary/aromatic N) is 2. The summed E-state index contributed by atoms with van der Waals surface area (Å²) in [6.45, 7) is 3.23. The number of likely N-dealkylation sites (N-methyl/N-ethyl adjacent to an activating group) is 1. The molecule has 2 aromatic carbocycles. The highest BCUT2D eigenvalue weighted by Gasteiger charge is 2.46. The normalized spacial score (nSPS) is 16.8. The number of hydrogen-bond donors (Lipinski definition) is 1. The van der Waals surface area contributed by atoms with Crippen molar-refractivity contribution in [2.24, 2.45) is 0 Å². The van der Waals surface area contributed by atoms with Crippen LogP contribution in [0.15, 0.2) is 64.1 Å². The first-order chi connectivity index (χ1) is 15.2. The molecule has 0 aliphatic carbocycles. The van der Waals surface area contributed by atoms with E-state index < -0.39 is 27.5 Å². The summed E-state index contributed by atoms with van der Waals surface area (Å²) in [7, 11) is -0.473.